The van der Waals surface area contributed by atoms with E-state index in [9.17, 15) is 0 Å². The lowest BCUT2D eigenvalue weighted by Crippen LogP contribution is -2.19. The Morgan fingerprint density at radius 1 is 0.839 bits per heavy atom. The minimum absolute atomic E-state index is 0.0376. The Morgan fingerprint density at radius 3 is 2.23 bits per heavy atom. The summed E-state index contributed by atoms with van der Waals surface area (Å²) in [7, 11) is 1.64. The topological polar surface area (TPSA) is 61.5 Å². The van der Waals surface area contributed by atoms with Crippen molar-refractivity contribution in [2.45, 2.75) is 17.0 Å². The number of fused-ring (bicyclic) bond motifs is 1. The number of methoxy groups -OCH3 is 1. The van der Waals surface area contributed by atoms with E-state index in [2.05, 4.69) is 34.5 Å². The molecule has 0 fully saturated rings. The maximum Gasteiger partial charge on any atom is 0.213 e. The highest BCUT2D eigenvalue weighted by Gasteiger charge is 2.30. The summed E-state index contributed by atoms with van der Waals surface area (Å²) in [4.78, 5) is 0. The quantitative estimate of drug-likeness (QED) is 0.434. The van der Waals surface area contributed by atoms with Gasteiger partial charge in [-0.2, -0.15) is 9.78 Å². The third kappa shape index (κ3) is 4.04. The number of thioether (sulfide) groups is 1. The Kier molecular flexibility index (Phi) is 5.41. The SMILES string of the molecule is COc1ccc(OCc2nnc3n2N=C(c2ccccc2)[C@@H](c2ccccc2)S3)cc1. The number of ether oxygens (including phenoxy) is 2. The van der Waals surface area contributed by atoms with Crippen LogP contribution < -0.4 is 9.47 Å². The van der Waals surface area contributed by atoms with Gasteiger partial charge in [0.2, 0.25) is 5.16 Å². The summed E-state index contributed by atoms with van der Waals surface area (Å²) in [5.41, 5.74) is 3.22. The van der Waals surface area contributed by atoms with E-state index in [1.54, 1.807) is 23.5 Å². The highest BCUT2D eigenvalue weighted by atomic mass is 32.2. The lowest BCUT2D eigenvalue weighted by atomic mass is 10.0. The first-order valence-electron chi connectivity index (χ1n) is 9.89. The van der Waals surface area contributed by atoms with Gasteiger partial charge >= 0.3 is 0 Å². The molecule has 0 unspecified atom stereocenters. The normalized spacial score (nSPS) is 15.1. The Balaban J connectivity index is 1.46. The summed E-state index contributed by atoms with van der Waals surface area (Å²) in [5.74, 6) is 2.17. The number of hydrogen-bond donors (Lipinski definition) is 0. The zero-order valence-electron chi connectivity index (χ0n) is 16.9. The third-order valence-corrected chi connectivity index (χ3v) is 6.15. The molecule has 4 aromatic rings. The molecule has 2 heterocycles. The molecule has 0 spiro atoms. The molecule has 0 amide bonds. The molecule has 6 nitrogen and oxygen atoms in total. The van der Waals surface area contributed by atoms with Gasteiger partial charge in [0.25, 0.3) is 0 Å². The first kappa shape index (κ1) is 19.4. The van der Waals surface area contributed by atoms with Crippen LogP contribution in [0.5, 0.6) is 11.5 Å². The van der Waals surface area contributed by atoms with Crippen molar-refractivity contribution in [2.24, 2.45) is 5.10 Å². The van der Waals surface area contributed by atoms with Crippen molar-refractivity contribution in [3.05, 3.63) is 102 Å². The molecule has 0 saturated heterocycles. The van der Waals surface area contributed by atoms with Gasteiger partial charge in [-0.05, 0) is 35.4 Å². The summed E-state index contributed by atoms with van der Waals surface area (Å²) in [6.07, 6.45) is 0. The van der Waals surface area contributed by atoms with Gasteiger partial charge < -0.3 is 9.47 Å². The van der Waals surface area contributed by atoms with E-state index < -0.39 is 0 Å². The van der Waals surface area contributed by atoms with Crippen LogP contribution in [0.3, 0.4) is 0 Å². The average Bonchev–Trinajstić information content (AvgIpc) is 3.25. The first-order valence-corrected chi connectivity index (χ1v) is 10.8. The second-order valence-electron chi connectivity index (χ2n) is 6.93. The number of benzene rings is 3. The minimum atomic E-state index is 0.0376. The van der Waals surface area contributed by atoms with E-state index in [-0.39, 0.29) is 11.9 Å². The molecule has 31 heavy (non-hydrogen) atoms. The van der Waals surface area contributed by atoms with Crippen LogP contribution in [0.2, 0.25) is 0 Å². The van der Waals surface area contributed by atoms with Crippen LogP contribution in [-0.2, 0) is 6.61 Å². The molecule has 1 aliphatic heterocycles. The van der Waals surface area contributed by atoms with Crippen LogP contribution >= 0.6 is 11.8 Å². The van der Waals surface area contributed by atoms with Gasteiger partial charge in [0, 0.05) is 0 Å². The lowest BCUT2D eigenvalue weighted by molar-refractivity contribution is 0.289. The molecule has 0 aliphatic carbocycles. The smallest absolute Gasteiger partial charge is 0.213 e. The van der Waals surface area contributed by atoms with Gasteiger partial charge in [-0.25, -0.2) is 0 Å². The fourth-order valence-electron chi connectivity index (χ4n) is 3.37. The van der Waals surface area contributed by atoms with Crippen molar-refractivity contribution in [2.75, 3.05) is 7.11 Å². The van der Waals surface area contributed by atoms with Crippen molar-refractivity contribution in [3.63, 3.8) is 0 Å². The van der Waals surface area contributed by atoms with E-state index in [0.717, 1.165) is 27.9 Å². The van der Waals surface area contributed by atoms with Gasteiger partial charge in [-0.15, -0.1) is 10.2 Å². The Labute approximate surface area is 184 Å². The van der Waals surface area contributed by atoms with Crippen LogP contribution in [0.1, 0.15) is 22.2 Å². The predicted molar refractivity (Wildman–Crippen MR) is 121 cm³/mol. The lowest BCUT2D eigenvalue weighted by Gasteiger charge is -2.23. The maximum atomic E-state index is 5.91. The summed E-state index contributed by atoms with van der Waals surface area (Å²) < 4.78 is 12.9. The fourth-order valence-corrected chi connectivity index (χ4v) is 4.51. The third-order valence-electron chi connectivity index (χ3n) is 4.96. The van der Waals surface area contributed by atoms with Crippen LogP contribution in [0.15, 0.2) is 95.2 Å². The summed E-state index contributed by atoms with van der Waals surface area (Å²) in [6, 6.07) is 28.0. The zero-order chi connectivity index (χ0) is 21.0. The zero-order valence-corrected chi connectivity index (χ0v) is 17.7. The average molecular weight is 429 g/mol. The highest BCUT2D eigenvalue weighted by Crippen LogP contribution is 2.40. The number of aromatic nitrogens is 3. The summed E-state index contributed by atoms with van der Waals surface area (Å²) in [6.45, 7) is 0.265. The molecule has 3 aromatic carbocycles. The summed E-state index contributed by atoms with van der Waals surface area (Å²) >= 11 is 1.65. The molecule has 1 aromatic heterocycles. The van der Waals surface area contributed by atoms with Gasteiger partial charge in [0.15, 0.2) is 5.82 Å². The second-order valence-corrected chi connectivity index (χ2v) is 8.01. The minimum Gasteiger partial charge on any atom is -0.497 e. The largest absolute Gasteiger partial charge is 0.497 e. The molecule has 0 bridgehead atoms. The molecular formula is C24H20N4O2S. The van der Waals surface area contributed by atoms with Gasteiger partial charge in [-0.1, -0.05) is 72.4 Å². The van der Waals surface area contributed by atoms with Crippen molar-refractivity contribution in [1.29, 1.82) is 0 Å². The molecule has 0 saturated carbocycles. The van der Waals surface area contributed by atoms with E-state index in [1.165, 1.54) is 5.56 Å². The Morgan fingerprint density at radius 2 is 1.52 bits per heavy atom. The van der Waals surface area contributed by atoms with E-state index in [4.69, 9.17) is 14.6 Å². The molecule has 0 radical (unpaired) electrons. The first-order chi connectivity index (χ1) is 15.3. The standard InChI is InChI=1S/C24H20N4O2S/c1-29-19-12-14-20(15-13-19)30-16-21-25-26-24-28(21)27-22(17-8-4-2-5-9-17)23(31-24)18-10-6-3-7-11-18/h2-15,23H,16H2,1H3/t23-/m1/s1. The van der Waals surface area contributed by atoms with Crippen molar-refractivity contribution < 1.29 is 9.47 Å². The molecule has 1 aliphatic rings. The monoisotopic (exact) mass is 428 g/mol. The van der Waals surface area contributed by atoms with Crippen LogP contribution in [-0.4, -0.2) is 27.7 Å². The van der Waals surface area contributed by atoms with Crippen molar-refractivity contribution in [1.82, 2.24) is 14.9 Å². The van der Waals surface area contributed by atoms with Crippen LogP contribution in [0.4, 0.5) is 0 Å². The van der Waals surface area contributed by atoms with Crippen LogP contribution in [0, 0.1) is 0 Å². The van der Waals surface area contributed by atoms with E-state index >= 15 is 0 Å². The van der Waals surface area contributed by atoms with Gasteiger partial charge in [0.1, 0.15) is 18.1 Å². The van der Waals surface area contributed by atoms with E-state index in [1.807, 2.05) is 60.7 Å². The molecule has 1 atom stereocenters. The number of hydrogen-bond acceptors (Lipinski definition) is 6. The maximum absolute atomic E-state index is 5.91. The van der Waals surface area contributed by atoms with Gasteiger partial charge in [-0.3, -0.25) is 0 Å². The molecular weight excluding hydrogens is 408 g/mol. The highest BCUT2D eigenvalue weighted by molar-refractivity contribution is 8.00. The number of nitrogens with zero attached hydrogens (tertiary/aromatic N) is 4. The van der Waals surface area contributed by atoms with Crippen molar-refractivity contribution in [3.8, 4) is 11.5 Å². The molecule has 0 N–H and O–H groups in total. The second kappa shape index (κ2) is 8.65. The molecule has 7 heteroatoms. The van der Waals surface area contributed by atoms with Crippen LogP contribution in [0.25, 0.3) is 0 Å². The van der Waals surface area contributed by atoms with Crippen molar-refractivity contribution >= 4 is 17.5 Å². The number of rotatable bonds is 6. The van der Waals surface area contributed by atoms with E-state index in [0.29, 0.717) is 5.82 Å². The molecule has 154 valence electrons. The Bertz CT molecular complexity index is 1190. The molecule has 5 rings (SSSR count). The van der Waals surface area contributed by atoms with Gasteiger partial charge in [0.05, 0.1) is 18.1 Å². The Hall–Kier alpha value is -3.58. The predicted octanol–water partition coefficient (Wildman–Crippen LogP) is 4.97. The summed E-state index contributed by atoms with van der Waals surface area (Å²) in [5, 5.41) is 14.5. The fraction of sp³-hybridized carbons (Fsp3) is 0.125.